The summed E-state index contributed by atoms with van der Waals surface area (Å²) in [7, 11) is -1.28. The van der Waals surface area contributed by atoms with Crippen molar-refractivity contribution in [2.75, 3.05) is 24.6 Å². The zero-order valence-electron chi connectivity index (χ0n) is 18.1. The molecule has 2 aliphatic heterocycles. The molecule has 7 nitrogen and oxygen atoms in total. The lowest BCUT2D eigenvalue weighted by Crippen LogP contribution is -2.37. The lowest BCUT2D eigenvalue weighted by molar-refractivity contribution is 0.101. The van der Waals surface area contributed by atoms with E-state index in [0.717, 1.165) is 43.9 Å². The Morgan fingerprint density at radius 2 is 1.97 bits per heavy atom. The number of aliphatic imine (C=N–C) groups is 1. The number of carbonyl (C=O) groups excluding carboxylic acids is 1. The van der Waals surface area contributed by atoms with Crippen LogP contribution in [0, 0.1) is 11.7 Å². The van der Waals surface area contributed by atoms with Crippen LogP contribution in [0.1, 0.15) is 42.6 Å². The third kappa shape index (κ3) is 4.93. The molecule has 2 aliphatic rings. The zero-order valence-corrected chi connectivity index (χ0v) is 18.9. The number of rotatable bonds is 7. The van der Waals surface area contributed by atoms with E-state index in [1.807, 2.05) is 12.4 Å². The number of hydrogen-bond acceptors (Lipinski definition) is 7. The molecule has 0 saturated carbocycles. The van der Waals surface area contributed by atoms with Gasteiger partial charge in [-0.3, -0.25) is 4.79 Å². The highest BCUT2D eigenvalue weighted by atomic mass is 32.2. The van der Waals surface area contributed by atoms with Crippen LogP contribution in [0.5, 0.6) is 5.75 Å². The number of nitrogens with zero attached hydrogens (tertiary/aromatic N) is 4. The fraction of sp³-hybridized carbons (Fsp3) is 0.391. The Balaban J connectivity index is 1.33. The average molecular weight is 457 g/mol. The minimum atomic E-state index is -1.28. The van der Waals surface area contributed by atoms with Crippen LogP contribution in [0.15, 0.2) is 46.7 Å². The zero-order chi connectivity index (χ0) is 22.7. The SMILES string of the molecule is CCc1cnc(N2CCC(C3=NC(COc4ccc(C(C)=O)c(F)c4)=CS3=O)CC2)nc1. The van der Waals surface area contributed by atoms with Crippen molar-refractivity contribution in [2.45, 2.75) is 33.1 Å². The molecular weight excluding hydrogens is 431 g/mol. The van der Waals surface area contributed by atoms with Gasteiger partial charge in [0.05, 0.1) is 22.1 Å². The maximum Gasteiger partial charge on any atom is 0.225 e. The number of hydrogen-bond donors (Lipinski definition) is 0. The van der Waals surface area contributed by atoms with Gasteiger partial charge in [-0.25, -0.2) is 23.6 Å². The summed E-state index contributed by atoms with van der Waals surface area (Å²) in [6.45, 7) is 5.03. The van der Waals surface area contributed by atoms with Crippen molar-refractivity contribution in [1.29, 1.82) is 0 Å². The maximum atomic E-state index is 14.0. The van der Waals surface area contributed by atoms with Crippen LogP contribution in [-0.4, -0.2) is 44.7 Å². The van der Waals surface area contributed by atoms with Crippen molar-refractivity contribution in [3.8, 4) is 5.75 Å². The minimum absolute atomic E-state index is 0.0249. The van der Waals surface area contributed by atoms with E-state index >= 15 is 0 Å². The van der Waals surface area contributed by atoms with E-state index in [1.165, 1.54) is 19.1 Å². The van der Waals surface area contributed by atoms with Gasteiger partial charge < -0.3 is 9.64 Å². The summed E-state index contributed by atoms with van der Waals surface area (Å²) in [4.78, 5) is 26.9. The molecule has 1 atom stereocenters. The number of piperidine rings is 1. The number of aromatic nitrogens is 2. The molecule has 0 bridgehead atoms. The third-order valence-electron chi connectivity index (χ3n) is 5.64. The first kappa shape index (κ1) is 22.3. The third-order valence-corrected chi connectivity index (χ3v) is 6.96. The van der Waals surface area contributed by atoms with Crippen LogP contribution in [0.2, 0.25) is 0 Å². The van der Waals surface area contributed by atoms with E-state index in [4.69, 9.17) is 4.74 Å². The molecule has 1 unspecified atom stereocenters. The molecule has 0 aliphatic carbocycles. The van der Waals surface area contributed by atoms with Crippen LogP contribution >= 0.6 is 0 Å². The van der Waals surface area contributed by atoms with Gasteiger partial charge in [-0.2, -0.15) is 0 Å². The first-order chi connectivity index (χ1) is 15.4. The van der Waals surface area contributed by atoms with Gasteiger partial charge in [0.2, 0.25) is 5.95 Å². The molecule has 0 radical (unpaired) electrons. The Morgan fingerprint density at radius 3 is 2.59 bits per heavy atom. The van der Waals surface area contributed by atoms with E-state index < -0.39 is 16.6 Å². The van der Waals surface area contributed by atoms with E-state index in [9.17, 15) is 13.4 Å². The number of carbonyl (C=O) groups is 1. The highest BCUT2D eigenvalue weighted by molar-refractivity contribution is 8.03. The number of halogens is 1. The standard InChI is InChI=1S/C23H25FN4O3S/c1-3-16-11-25-23(26-12-16)28-8-6-17(7-9-28)22-27-18(14-32(22)30)13-31-19-4-5-20(15(2)29)21(24)10-19/h4-5,10-12,14,17H,3,6-9,13H2,1-2H3. The van der Waals surface area contributed by atoms with Crippen molar-refractivity contribution in [1.82, 2.24) is 9.97 Å². The van der Waals surface area contributed by atoms with Crippen LogP contribution in [0.3, 0.4) is 0 Å². The summed E-state index contributed by atoms with van der Waals surface area (Å²) in [5, 5.41) is 2.26. The van der Waals surface area contributed by atoms with E-state index in [1.54, 1.807) is 11.5 Å². The monoisotopic (exact) mass is 456 g/mol. The van der Waals surface area contributed by atoms with E-state index in [0.29, 0.717) is 16.5 Å². The van der Waals surface area contributed by atoms with Gasteiger partial charge in [-0.15, -0.1) is 0 Å². The molecule has 0 N–H and O–H groups in total. The maximum absolute atomic E-state index is 14.0. The van der Waals surface area contributed by atoms with E-state index in [-0.39, 0.29) is 23.9 Å². The number of Topliss-reactive ketones (excluding diaryl/α,β-unsaturated/α-hetero) is 1. The van der Waals surface area contributed by atoms with Crippen molar-refractivity contribution < 1.29 is 18.1 Å². The van der Waals surface area contributed by atoms with E-state index in [2.05, 4.69) is 26.8 Å². The lowest BCUT2D eigenvalue weighted by atomic mass is 9.98. The van der Waals surface area contributed by atoms with Gasteiger partial charge in [0.15, 0.2) is 5.78 Å². The van der Waals surface area contributed by atoms with Crippen molar-refractivity contribution in [3.05, 3.63) is 58.6 Å². The number of ether oxygens (including phenoxy) is 1. The van der Waals surface area contributed by atoms with Gasteiger partial charge in [-0.05, 0) is 43.9 Å². The molecule has 0 spiro atoms. The second-order valence-electron chi connectivity index (χ2n) is 7.85. The quantitative estimate of drug-likeness (QED) is 0.591. The second-order valence-corrected chi connectivity index (χ2v) is 9.10. The molecule has 1 aromatic carbocycles. The molecule has 32 heavy (non-hydrogen) atoms. The van der Waals surface area contributed by atoms with Crippen LogP contribution in [0.4, 0.5) is 10.3 Å². The van der Waals surface area contributed by atoms with Crippen LogP contribution < -0.4 is 9.64 Å². The van der Waals surface area contributed by atoms with Crippen molar-refractivity contribution in [3.63, 3.8) is 0 Å². The topological polar surface area (TPSA) is 84.8 Å². The summed E-state index contributed by atoms with van der Waals surface area (Å²) < 4.78 is 32.2. The highest BCUT2D eigenvalue weighted by Gasteiger charge is 2.30. The summed E-state index contributed by atoms with van der Waals surface area (Å²) in [5.41, 5.74) is 1.70. The molecule has 1 saturated heterocycles. The van der Waals surface area contributed by atoms with Crippen LogP contribution in [-0.2, 0) is 17.2 Å². The van der Waals surface area contributed by atoms with Gasteiger partial charge in [0, 0.05) is 42.9 Å². The van der Waals surface area contributed by atoms with Gasteiger partial charge in [0.25, 0.3) is 0 Å². The lowest BCUT2D eigenvalue weighted by Gasteiger charge is -2.31. The Labute approximate surface area is 188 Å². The summed E-state index contributed by atoms with van der Waals surface area (Å²) in [5.74, 6) is 0.190. The predicted octanol–water partition coefficient (Wildman–Crippen LogP) is 3.68. The molecule has 1 aromatic heterocycles. The first-order valence-electron chi connectivity index (χ1n) is 10.6. The van der Waals surface area contributed by atoms with Gasteiger partial charge >= 0.3 is 0 Å². The molecule has 2 aromatic rings. The largest absolute Gasteiger partial charge is 0.487 e. The van der Waals surface area contributed by atoms with Crippen molar-refractivity contribution in [2.24, 2.45) is 10.9 Å². The molecular formula is C23H25FN4O3S. The molecule has 0 amide bonds. The predicted molar refractivity (Wildman–Crippen MR) is 122 cm³/mol. The number of aryl methyl sites for hydroxylation is 1. The summed E-state index contributed by atoms with van der Waals surface area (Å²) >= 11 is 0. The summed E-state index contributed by atoms with van der Waals surface area (Å²) in [6, 6.07) is 4.12. The van der Waals surface area contributed by atoms with Gasteiger partial charge in [-0.1, -0.05) is 6.92 Å². The van der Waals surface area contributed by atoms with Crippen molar-refractivity contribution >= 4 is 27.6 Å². The molecule has 9 heteroatoms. The molecule has 3 heterocycles. The number of anilines is 1. The molecule has 4 rings (SSSR count). The number of benzene rings is 1. The Kier molecular flexibility index (Phi) is 6.74. The van der Waals surface area contributed by atoms with Gasteiger partial charge in [0.1, 0.15) is 23.2 Å². The molecule has 1 fully saturated rings. The normalized spacial score (nSPS) is 19.0. The smallest absolute Gasteiger partial charge is 0.225 e. The second kappa shape index (κ2) is 9.68. The fourth-order valence-electron chi connectivity index (χ4n) is 3.77. The average Bonchev–Trinajstić information content (AvgIpc) is 3.18. The first-order valence-corrected chi connectivity index (χ1v) is 11.8. The summed E-state index contributed by atoms with van der Waals surface area (Å²) in [6.07, 6.45) is 6.28. The Hall–Kier alpha value is -2.94. The Bertz CT molecular complexity index is 1090. The minimum Gasteiger partial charge on any atom is -0.487 e. The Morgan fingerprint density at radius 1 is 1.25 bits per heavy atom. The number of ketones is 1. The van der Waals surface area contributed by atoms with Crippen LogP contribution in [0.25, 0.3) is 0 Å². The fourth-order valence-corrected chi connectivity index (χ4v) is 5.03. The molecule has 168 valence electrons. The highest BCUT2D eigenvalue weighted by Crippen LogP contribution is 2.27.